The molecule has 0 spiro atoms. The van der Waals surface area contributed by atoms with Crippen molar-refractivity contribution >= 4 is 35.4 Å². The quantitative estimate of drug-likeness (QED) is 0.148. The Morgan fingerprint density at radius 1 is 0.672 bits per heavy atom. The molecule has 64 heavy (non-hydrogen) atoms. The second kappa shape index (κ2) is 22.0. The standard InChI is InChI=1S/C48H64F2N8O6/c1-28(23-40(56-44(60)30(3)52-5)48(64)58-27-34(50)25-42(58)46(62)54-38-21-12-17-32-15-7-9-19-36(32)38)13-10-22-39(55-43(59)29(2)51-4)47(63)57-26-33(49)24-41(57)45(61)53-37-20-11-16-31-14-6-8-18-35(31)37/h6-9,14-15,18-19,28-30,33-34,37-42,51-52H,11-12,16-17,20-27H2,1-5H3,(H,53,61)(H,54,62)(H,55,59)(H,56,60)/t28?,29-,30-,33-,34-,37+,38+,39-,40-,41-,42-/m0/s1. The monoisotopic (exact) mass is 886 g/mol. The Kier molecular flexibility index (Phi) is 16.5. The van der Waals surface area contributed by atoms with Crippen LogP contribution in [-0.2, 0) is 41.6 Å². The fourth-order valence-corrected chi connectivity index (χ4v) is 9.32. The fourth-order valence-electron chi connectivity index (χ4n) is 9.32. The van der Waals surface area contributed by atoms with Crippen molar-refractivity contribution in [1.82, 2.24) is 41.7 Å². The van der Waals surface area contributed by atoms with Crippen molar-refractivity contribution < 1.29 is 37.5 Å². The van der Waals surface area contributed by atoms with Crippen LogP contribution < -0.4 is 31.9 Å². The first-order valence-corrected chi connectivity index (χ1v) is 22.8. The van der Waals surface area contributed by atoms with Gasteiger partial charge in [-0.3, -0.25) is 28.8 Å². The number of likely N-dealkylation sites (tertiary alicyclic amines) is 2. The van der Waals surface area contributed by atoms with Gasteiger partial charge in [-0.25, -0.2) is 8.78 Å². The van der Waals surface area contributed by atoms with Crippen molar-refractivity contribution in [3.63, 3.8) is 0 Å². The van der Waals surface area contributed by atoms with Crippen molar-refractivity contribution in [2.45, 2.75) is 146 Å². The number of amides is 6. The van der Waals surface area contributed by atoms with Crippen LogP contribution in [0.15, 0.2) is 48.5 Å². The van der Waals surface area contributed by atoms with E-state index in [1.54, 1.807) is 34.9 Å². The average Bonchev–Trinajstić information content (AvgIpc) is 3.89. The van der Waals surface area contributed by atoms with Crippen LogP contribution in [0, 0.1) is 17.8 Å². The van der Waals surface area contributed by atoms with Gasteiger partial charge in [0.1, 0.15) is 36.5 Å². The SMILES string of the molecule is CN[C@@H](C)C(=O)N[C@@H](CC#CC(C)C[C@H](NC(=O)[C@H](C)NC)C(=O)N1C[C@@H](F)C[C@H]1C(=O)N[C@@H]1CCCc2ccccc21)C(=O)N1C[C@@H](F)C[C@H]1C(=O)N[C@@H]1CCCc2ccccc21. The van der Waals surface area contributed by atoms with Crippen LogP contribution in [0.25, 0.3) is 0 Å². The minimum Gasteiger partial charge on any atom is -0.347 e. The summed E-state index contributed by atoms with van der Waals surface area (Å²) in [5, 5.41) is 17.3. The van der Waals surface area contributed by atoms with E-state index in [9.17, 15) is 28.8 Å². The molecule has 346 valence electrons. The lowest BCUT2D eigenvalue weighted by atomic mass is 9.87. The maximum absolute atomic E-state index is 15.2. The molecular formula is C48H64F2N8O6. The Labute approximate surface area is 375 Å². The molecule has 0 saturated carbocycles. The second-order valence-corrected chi connectivity index (χ2v) is 17.8. The largest absolute Gasteiger partial charge is 0.347 e. The molecule has 2 saturated heterocycles. The van der Waals surface area contributed by atoms with Gasteiger partial charge in [-0.15, -0.1) is 11.8 Å². The molecule has 11 atom stereocenters. The predicted octanol–water partition coefficient (Wildman–Crippen LogP) is 2.86. The number of nitrogens with one attached hydrogen (secondary N) is 6. The summed E-state index contributed by atoms with van der Waals surface area (Å²) in [5.41, 5.74) is 4.29. The van der Waals surface area contributed by atoms with Crippen molar-refractivity contribution in [3.05, 3.63) is 70.8 Å². The fraction of sp³-hybridized carbons (Fsp3) is 0.583. The first-order valence-electron chi connectivity index (χ1n) is 22.8. The summed E-state index contributed by atoms with van der Waals surface area (Å²) in [5.74, 6) is 2.26. The van der Waals surface area contributed by atoms with Crippen LogP contribution in [0.3, 0.4) is 0 Å². The number of rotatable bonds is 15. The van der Waals surface area contributed by atoms with Gasteiger partial charge in [-0.1, -0.05) is 55.5 Å². The minimum atomic E-state index is -1.45. The molecule has 0 bridgehead atoms. The Bertz CT molecular complexity index is 2090. The van der Waals surface area contributed by atoms with Crippen LogP contribution in [0.1, 0.15) is 106 Å². The van der Waals surface area contributed by atoms with E-state index in [2.05, 4.69) is 43.7 Å². The summed E-state index contributed by atoms with van der Waals surface area (Å²) in [6.07, 6.45) is 1.46. The van der Waals surface area contributed by atoms with Gasteiger partial charge in [0.25, 0.3) is 0 Å². The molecule has 16 heteroatoms. The third-order valence-corrected chi connectivity index (χ3v) is 13.2. The molecule has 6 N–H and O–H groups in total. The predicted molar refractivity (Wildman–Crippen MR) is 238 cm³/mol. The molecule has 2 aliphatic carbocycles. The number of halogens is 2. The third-order valence-electron chi connectivity index (χ3n) is 13.2. The molecule has 2 heterocycles. The van der Waals surface area contributed by atoms with E-state index in [0.717, 1.165) is 47.9 Å². The zero-order valence-electron chi connectivity index (χ0n) is 37.6. The van der Waals surface area contributed by atoms with E-state index in [-0.39, 0.29) is 50.9 Å². The lowest BCUT2D eigenvalue weighted by Crippen LogP contribution is -2.56. The van der Waals surface area contributed by atoms with E-state index in [1.165, 1.54) is 9.80 Å². The highest BCUT2D eigenvalue weighted by Crippen LogP contribution is 2.32. The van der Waals surface area contributed by atoms with Crippen LogP contribution in [0.4, 0.5) is 8.78 Å². The summed E-state index contributed by atoms with van der Waals surface area (Å²) in [6, 6.07) is 9.20. The molecular weight excluding hydrogens is 823 g/mol. The highest BCUT2D eigenvalue weighted by molar-refractivity contribution is 5.95. The number of hydrogen-bond donors (Lipinski definition) is 6. The van der Waals surface area contributed by atoms with Gasteiger partial charge in [-0.05, 0) is 95.1 Å². The molecule has 2 fully saturated rings. The van der Waals surface area contributed by atoms with Gasteiger partial charge in [0.05, 0.1) is 37.3 Å². The smallest absolute Gasteiger partial charge is 0.246 e. The third kappa shape index (κ3) is 11.6. The molecule has 1 unspecified atom stereocenters. The Morgan fingerprint density at radius 2 is 1.11 bits per heavy atom. The maximum atomic E-state index is 15.2. The number of fused-ring (bicyclic) bond motifs is 2. The van der Waals surface area contributed by atoms with Crippen molar-refractivity contribution in [2.24, 2.45) is 5.92 Å². The zero-order valence-corrected chi connectivity index (χ0v) is 37.6. The normalized spacial score (nSPS) is 24.9. The number of aryl methyl sites for hydroxylation is 2. The number of benzene rings is 2. The average molecular weight is 887 g/mol. The highest BCUT2D eigenvalue weighted by Gasteiger charge is 2.45. The molecule has 2 aromatic rings. The number of alkyl halides is 2. The number of carbonyl (C=O) groups excluding carboxylic acids is 6. The van der Waals surface area contributed by atoms with Crippen molar-refractivity contribution in [2.75, 3.05) is 27.2 Å². The van der Waals surface area contributed by atoms with Gasteiger partial charge in [-0.2, -0.15) is 0 Å². The van der Waals surface area contributed by atoms with Gasteiger partial charge >= 0.3 is 0 Å². The van der Waals surface area contributed by atoms with Crippen LogP contribution >= 0.6 is 0 Å². The summed E-state index contributed by atoms with van der Waals surface area (Å²) in [7, 11) is 3.19. The highest BCUT2D eigenvalue weighted by atomic mass is 19.1. The molecule has 6 rings (SSSR count). The van der Waals surface area contributed by atoms with E-state index in [1.807, 2.05) is 48.5 Å². The molecule has 6 amide bonds. The Hall–Kier alpha value is -5.40. The Balaban J connectivity index is 1.16. The Morgan fingerprint density at radius 3 is 1.58 bits per heavy atom. The maximum Gasteiger partial charge on any atom is 0.246 e. The van der Waals surface area contributed by atoms with E-state index in [4.69, 9.17) is 0 Å². The summed E-state index contributed by atoms with van der Waals surface area (Å²) >= 11 is 0. The van der Waals surface area contributed by atoms with E-state index >= 15 is 8.78 Å². The molecule has 2 aliphatic heterocycles. The topological polar surface area (TPSA) is 181 Å². The van der Waals surface area contributed by atoms with E-state index < -0.39 is 90.0 Å². The molecule has 0 aromatic heterocycles. The molecule has 4 aliphatic rings. The van der Waals surface area contributed by atoms with Crippen LogP contribution in [0.2, 0.25) is 0 Å². The van der Waals surface area contributed by atoms with Gasteiger partial charge in [0.15, 0.2) is 0 Å². The summed E-state index contributed by atoms with van der Waals surface area (Å²) in [4.78, 5) is 85.0. The van der Waals surface area contributed by atoms with Crippen molar-refractivity contribution in [1.29, 1.82) is 0 Å². The molecule has 0 radical (unpaired) electrons. The first-order chi connectivity index (χ1) is 30.7. The van der Waals surface area contributed by atoms with E-state index in [0.29, 0.717) is 12.8 Å². The second-order valence-electron chi connectivity index (χ2n) is 17.8. The van der Waals surface area contributed by atoms with Crippen LogP contribution in [0.5, 0.6) is 0 Å². The first kappa shape index (κ1) is 48.1. The van der Waals surface area contributed by atoms with Crippen LogP contribution in [-0.4, -0.2) is 121 Å². The zero-order chi connectivity index (χ0) is 46.1. The number of carbonyl (C=O) groups is 6. The summed E-state index contributed by atoms with van der Waals surface area (Å²) < 4.78 is 30.3. The number of likely N-dealkylation sites (N-methyl/N-ethyl adjacent to an activating group) is 2. The lowest BCUT2D eigenvalue weighted by molar-refractivity contribution is -0.142. The lowest BCUT2D eigenvalue weighted by Gasteiger charge is -2.32. The number of hydrogen-bond acceptors (Lipinski definition) is 8. The minimum absolute atomic E-state index is 0.0181. The van der Waals surface area contributed by atoms with Gasteiger partial charge < -0.3 is 41.7 Å². The van der Waals surface area contributed by atoms with Gasteiger partial charge in [0, 0.05) is 25.2 Å². The summed E-state index contributed by atoms with van der Waals surface area (Å²) in [6.45, 7) is 4.33. The molecule has 2 aromatic carbocycles. The van der Waals surface area contributed by atoms with Gasteiger partial charge in [0.2, 0.25) is 35.4 Å². The number of nitrogens with zero attached hydrogens (tertiary/aromatic N) is 2. The van der Waals surface area contributed by atoms with Crippen molar-refractivity contribution in [3.8, 4) is 11.8 Å². The molecule has 14 nitrogen and oxygen atoms in total.